The van der Waals surface area contributed by atoms with Gasteiger partial charge < -0.3 is 14.8 Å². The maximum Gasteiger partial charge on any atom is 0.349 e. The van der Waals surface area contributed by atoms with Crippen LogP contribution in [0.5, 0.6) is 0 Å². The summed E-state index contributed by atoms with van der Waals surface area (Å²) in [5, 5.41) is 2.80. The molecular formula is C20H17F2NO4S. The fourth-order valence-electron chi connectivity index (χ4n) is 2.70. The van der Waals surface area contributed by atoms with E-state index in [0.29, 0.717) is 21.2 Å². The van der Waals surface area contributed by atoms with E-state index < -0.39 is 30.1 Å². The normalized spacial score (nSPS) is 10.8. The molecule has 1 heterocycles. The standard InChI is InChI=1S/C20H17F2NO4S/c1-26-10-13-18-15(22)7-4-8-16(18)28-19(13)20(25)27-11-17(24)23-9-12-5-2-3-6-14(12)21/h2-8H,9-11H2,1H3,(H,23,24). The Kier molecular flexibility index (Phi) is 6.33. The number of hydrogen-bond acceptors (Lipinski definition) is 5. The molecule has 2 aromatic carbocycles. The van der Waals surface area contributed by atoms with Crippen molar-refractivity contribution in [2.45, 2.75) is 13.2 Å². The van der Waals surface area contributed by atoms with Gasteiger partial charge in [0, 0.05) is 34.9 Å². The highest BCUT2D eigenvalue weighted by molar-refractivity contribution is 7.21. The van der Waals surface area contributed by atoms with Gasteiger partial charge in [-0.3, -0.25) is 4.79 Å². The van der Waals surface area contributed by atoms with E-state index >= 15 is 0 Å². The average molecular weight is 405 g/mol. The Bertz CT molecular complexity index is 1020. The first-order valence-corrected chi connectivity index (χ1v) is 9.19. The number of ether oxygens (including phenoxy) is 2. The highest BCUT2D eigenvalue weighted by Crippen LogP contribution is 2.34. The van der Waals surface area contributed by atoms with Crippen LogP contribution in [0.1, 0.15) is 20.8 Å². The molecule has 0 aliphatic rings. The van der Waals surface area contributed by atoms with Crippen molar-refractivity contribution in [1.82, 2.24) is 5.32 Å². The summed E-state index contributed by atoms with van der Waals surface area (Å²) in [5.41, 5.74) is 0.710. The molecule has 0 bridgehead atoms. The van der Waals surface area contributed by atoms with E-state index in [1.165, 1.54) is 19.2 Å². The summed E-state index contributed by atoms with van der Waals surface area (Å²) in [5.74, 6) is -2.20. The molecule has 1 amide bonds. The van der Waals surface area contributed by atoms with Crippen molar-refractivity contribution >= 4 is 33.3 Å². The first kappa shape index (κ1) is 19.9. The van der Waals surface area contributed by atoms with Crippen LogP contribution in [-0.2, 0) is 27.4 Å². The molecule has 1 aromatic heterocycles. The van der Waals surface area contributed by atoms with Crippen molar-refractivity contribution in [2.75, 3.05) is 13.7 Å². The molecule has 3 rings (SSSR count). The molecule has 8 heteroatoms. The lowest BCUT2D eigenvalue weighted by molar-refractivity contribution is -0.124. The number of fused-ring (bicyclic) bond motifs is 1. The van der Waals surface area contributed by atoms with Gasteiger partial charge in [-0.25, -0.2) is 13.6 Å². The summed E-state index contributed by atoms with van der Waals surface area (Å²) >= 11 is 1.07. The first-order chi connectivity index (χ1) is 13.5. The molecule has 0 radical (unpaired) electrons. The van der Waals surface area contributed by atoms with Crippen LogP contribution in [0.2, 0.25) is 0 Å². The molecule has 0 unspecified atom stereocenters. The third kappa shape index (κ3) is 4.35. The van der Waals surface area contributed by atoms with Crippen LogP contribution in [0.4, 0.5) is 8.78 Å². The van der Waals surface area contributed by atoms with Gasteiger partial charge in [0.25, 0.3) is 5.91 Å². The highest BCUT2D eigenvalue weighted by atomic mass is 32.1. The van der Waals surface area contributed by atoms with E-state index in [4.69, 9.17) is 9.47 Å². The number of methoxy groups -OCH3 is 1. The van der Waals surface area contributed by atoms with E-state index in [-0.39, 0.29) is 18.0 Å². The van der Waals surface area contributed by atoms with E-state index in [1.807, 2.05) is 0 Å². The number of nitrogens with one attached hydrogen (secondary N) is 1. The van der Waals surface area contributed by atoms with Crippen LogP contribution in [0, 0.1) is 11.6 Å². The third-order valence-electron chi connectivity index (χ3n) is 4.01. The summed E-state index contributed by atoms with van der Waals surface area (Å²) in [6, 6.07) is 10.6. The molecule has 28 heavy (non-hydrogen) atoms. The lowest BCUT2D eigenvalue weighted by Crippen LogP contribution is -2.28. The van der Waals surface area contributed by atoms with Gasteiger partial charge in [0.05, 0.1) is 6.61 Å². The highest BCUT2D eigenvalue weighted by Gasteiger charge is 2.22. The molecule has 0 spiro atoms. The smallest absolute Gasteiger partial charge is 0.349 e. The van der Waals surface area contributed by atoms with Gasteiger partial charge in [-0.15, -0.1) is 11.3 Å². The van der Waals surface area contributed by atoms with Crippen LogP contribution in [0.25, 0.3) is 10.1 Å². The van der Waals surface area contributed by atoms with E-state index in [0.717, 1.165) is 11.3 Å². The third-order valence-corrected chi connectivity index (χ3v) is 5.18. The topological polar surface area (TPSA) is 64.6 Å². The zero-order chi connectivity index (χ0) is 20.1. The fraction of sp³-hybridized carbons (Fsp3) is 0.200. The number of thiophene rings is 1. The Morgan fingerprint density at radius 1 is 1.07 bits per heavy atom. The SMILES string of the molecule is COCc1c(C(=O)OCC(=O)NCc2ccccc2F)sc2cccc(F)c12. The number of rotatable bonds is 7. The van der Waals surface area contributed by atoms with E-state index in [1.54, 1.807) is 30.3 Å². The van der Waals surface area contributed by atoms with Gasteiger partial charge in [-0.05, 0) is 18.2 Å². The molecule has 1 N–H and O–H groups in total. The molecule has 0 saturated carbocycles. The average Bonchev–Trinajstić information content (AvgIpc) is 3.06. The zero-order valence-corrected chi connectivity index (χ0v) is 15.8. The van der Waals surface area contributed by atoms with Crippen molar-refractivity contribution in [2.24, 2.45) is 0 Å². The van der Waals surface area contributed by atoms with Gasteiger partial charge in [-0.2, -0.15) is 0 Å². The number of benzene rings is 2. The van der Waals surface area contributed by atoms with Gasteiger partial charge in [0.1, 0.15) is 16.5 Å². The summed E-state index contributed by atoms with van der Waals surface area (Å²) in [4.78, 5) is 24.5. The van der Waals surface area contributed by atoms with Gasteiger partial charge in [0.2, 0.25) is 0 Å². The van der Waals surface area contributed by atoms with Crippen molar-refractivity contribution < 1.29 is 27.8 Å². The number of carbonyl (C=O) groups is 2. The van der Waals surface area contributed by atoms with Crippen LogP contribution in [0.15, 0.2) is 42.5 Å². The Labute approximate surface area is 163 Å². The van der Waals surface area contributed by atoms with Crippen LogP contribution < -0.4 is 5.32 Å². The number of halogens is 2. The minimum absolute atomic E-state index is 0.0217. The molecule has 0 fully saturated rings. The Morgan fingerprint density at radius 2 is 1.82 bits per heavy atom. The second-order valence-corrected chi connectivity index (χ2v) is 6.95. The van der Waals surface area contributed by atoms with Crippen molar-refractivity contribution in [1.29, 1.82) is 0 Å². The van der Waals surface area contributed by atoms with Crippen molar-refractivity contribution in [3.05, 3.63) is 70.1 Å². The molecule has 146 valence electrons. The second kappa shape index (κ2) is 8.90. The number of esters is 1. The monoisotopic (exact) mass is 405 g/mol. The van der Waals surface area contributed by atoms with Crippen molar-refractivity contribution in [3.8, 4) is 0 Å². The van der Waals surface area contributed by atoms with Gasteiger partial charge in [-0.1, -0.05) is 24.3 Å². The molecule has 0 aliphatic heterocycles. The second-order valence-electron chi connectivity index (χ2n) is 5.90. The summed E-state index contributed by atoms with van der Waals surface area (Å²) in [6.07, 6.45) is 0. The quantitative estimate of drug-likeness (QED) is 0.608. The fourth-order valence-corrected chi connectivity index (χ4v) is 3.81. The predicted octanol–water partition coefficient (Wildman–Crippen LogP) is 3.80. The summed E-state index contributed by atoms with van der Waals surface area (Å²) in [7, 11) is 1.44. The predicted molar refractivity (Wildman–Crippen MR) is 101 cm³/mol. The minimum atomic E-state index is -0.742. The Hall–Kier alpha value is -2.84. The first-order valence-electron chi connectivity index (χ1n) is 8.37. The minimum Gasteiger partial charge on any atom is -0.451 e. The maximum atomic E-state index is 14.2. The van der Waals surface area contributed by atoms with E-state index in [9.17, 15) is 18.4 Å². The molecule has 0 aliphatic carbocycles. The molecule has 0 atom stereocenters. The number of carbonyl (C=O) groups excluding carboxylic acids is 2. The molecule has 3 aromatic rings. The van der Waals surface area contributed by atoms with Crippen molar-refractivity contribution in [3.63, 3.8) is 0 Å². The lowest BCUT2D eigenvalue weighted by atomic mass is 10.1. The van der Waals surface area contributed by atoms with Gasteiger partial charge in [0.15, 0.2) is 6.61 Å². The maximum absolute atomic E-state index is 14.2. The number of amides is 1. The summed E-state index contributed by atoms with van der Waals surface area (Å²) in [6.45, 7) is -0.520. The Balaban J connectivity index is 1.66. The van der Waals surface area contributed by atoms with Crippen LogP contribution in [-0.4, -0.2) is 25.6 Å². The lowest BCUT2D eigenvalue weighted by Gasteiger charge is -2.08. The number of hydrogen-bond donors (Lipinski definition) is 1. The van der Waals surface area contributed by atoms with Crippen LogP contribution in [0.3, 0.4) is 0 Å². The van der Waals surface area contributed by atoms with E-state index in [2.05, 4.69) is 5.32 Å². The molecule has 5 nitrogen and oxygen atoms in total. The largest absolute Gasteiger partial charge is 0.451 e. The molecule has 0 saturated heterocycles. The Morgan fingerprint density at radius 3 is 2.57 bits per heavy atom. The van der Waals surface area contributed by atoms with Crippen LogP contribution >= 0.6 is 11.3 Å². The zero-order valence-electron chi connectivity index (χ0n) is 15.0. The van der Waals surface area contributed by atoms with Gasteiger partial charge >= 0.3 is 5.97 Å². The summed E-state index contributed by atoms with van der Waals surface area (Å²) < 4.78 is 38.4. The molecular weight excluding hydrogens is 388 g/mol.